The Kier molecular flexibility index (Phi) is 4.74. The molecule has 25 heavy (non-hydrogen) atoms. The Bertz CT molecular complexity index is 816. The Hall–Kier alpha value is -2.82. The van der Waals surface area contributed by atoms with E-state index in [-0.39, 0.29) is 24.0 Å². The van der Waals surface area contributed by atoms with E-state index < -0.39 is 6.04 Å². The fraction of sp³-hybridized carbons (Fsp3) is 0.300. The van der Waals surface area contributed by atoms with Crippen molar-refractivity contribution in [2.45, 2.75) is 26.3 Å². The number of aromatic hydroxyl groups is 1. The number of rotatable bonds is 3. The van der Waals surface area contributed by atoms with Crippen LogP contribution in [0.15, 0.2) is 42.5 Å². The van der Waals surface area contributed by atoms with Crippen molar-refractivity contribution in [3.05, 3.63) is 64.7 Å². The van der Waals surface area contributed by atoms with Crippen LogP contribution in [0.1, 0.15) is 28.3 Å². The predicted octanol–water partition coefficient (Wildman–Crippen LogP) is 2.25. The van der Waals surface area contributed by atoms with Crippen molar-refractivity contribution >= 4 is 11.8 Å². The minimum Gasteiger partial charge on any atom is -0.508 e. The van der Waals surface area contributed by atoms with E-state index in [0.717, 1.165) is 22.3 Å². The van der Waals surface area contributed by atoms with Crippen molar-refractivity contribution in [2.75, 3.05) is 13.1 Å². The molecule has 1 aliphatic rings. The lowest BCUT2D eigenvalue weighted by Gasteiger charge is -2.35. The zero-order valence-corrected chi connectivity index (χ0v) is 14.5. The molecule has 2 amide bonds. The van der Waals surface area contributed by atoms with E-state index in [0.29, 0.717) is 13.1 Å². The van der Waals surface area contributed by atoms with Gasteiger partial charge in [-0.3, -0.25) is 9.59 Å². The van der Waals surface area contributed by atoms with Crippen LogP contribution in [-0.2, 0) is 16.0 Å². The number of nitrogens with one attached hydrogen (secondary N) is 1. The first-order valence-electron chi connectivity index (χ1n) is 8.38. The first-order valence-corrected chi connectivity index (χ1v) is 8.38. The molecule has 0 aromatic heterocycles. The summed E-state index contributed by atoms with van der Waals surface area (Å²) >= 11 is 0. The second-order valence-electron chi connectivity index (χ2n) is 6.49. The molecule has 1 unspecified atom stereocenters. The van der Waals surface area contributed by atoms with E-state index in [1.165, 1.54) is 0 Å². The SMILES string of the molecule is Cc1cccc(C2C(=O)NCCN2C(=O)Cc2ccc(C)c(O)c2)c1. The van der Waals surface area contributed by atoms with Gasteiger partial charge in [0.05, 0.1) is 6.42 Å². The Labute approximate surface area is 147 Å². The fourth-order valence-electron chi connectivity index (χ4n) is 3.15. The van der Waals surface area contributed by atoms with Crippen molar-refractivity contribution in [1.82, 2.24) is 10.2 Å². The average Bonchev–Trinajstić information content (AvgIpc) is 2.58. The molecule has 1 atom stereocenters. The van der Waals surface area contributed by atoms with Gasteiger partial charge >= 0.3 is 0 Å². The quantitative estimate of drug-likeness (QED) is 0.902. The third-order valence-corrected chi connectivity index (χ3v) is 4.52. The normalized spacial score (nSPS) is 17.3. The topological polar surface area (TPSA) is 69.6 Å². The number of carbonyl (C=O) groups excluding carboxylic acids is 2. The van der Waals surface area contributed by atoms with Crippen LogP contribution in [0.4, 0.5) is 0 Å². The fourth-order valence-corrected chi connectivity index (χ4v) is 3.15. The molecule has 130 valence electrons. The molecule has 0 bridgehead atoms. The minimum atomic E-state index is -0.611. The zero-order valence-electron chi connectivity index (χ0n) is 14.5. The number of hydrogen-bond acceptors (Lipinski definition) is 3. The van der Waals surface area contributed by atoms with Gasteiger partial charge in [0.1, 0.15) is 11.8 Å². The summed E-state index contributed by atoms with van der Waals surface area (Å²) < 4.78 is 0. The van der Waals surface area contributed by atoms with Gasteiger partial charge in [-0.05, 0) is 36.6 Å². The highest BCUT2D eigenvalue weighted by Crippen LogP contribution is 2.26. The molecule has 1 saturated heterocycles. The highest BCUT2D eigenvalue weighted by Gasteiger charge is 2.34. The van der Waals surface area contributed by atoms with Gasteiger partial charge in [0.25, 0.3) is 0 Å². The van der Waals surface area contributed by atoms with Gasteiger partial charge in [-0.25, -0.2) is 0 Å². The summed E-state index contributed by atoms with van der Waals surface area (Å²) in [6.45, 7) is 4.70. The van der Waals surface area contributed by atoms with Crippen molar-refractivity contribution in [3.8, 4) is 5.75 Å². The first kappa shape index (κ1) is 17.0. The van der Waals surface area contributed by atoms with Crippen molar-refractivity contribution in [3.63, 3.8) is 0 Å². The Morgan fingerprint density at radius 2 is 2.04 bits per heavy atom. The lowest BCUT2D eigenvalue weighted by atomic mass is 9.99. The number of phenolic OH excluding ortho intramolecular Hbond substituents is 1. The Balaban J connectivity index is 1.85. The number of aryl methyl sites for hydroxylation is 2. The summed E-state index contributed by atoms with van der Waals surface area (Å²) in [6, 6.07) is 12.3. The molecular weight excluding hydrogens is 316 g/mol. The molecule has 1 aliphatic heterocycles. The van der Waals surface area contributed by atoms with Gasteiger partial charge in [-0.2, -0.15) is 0 Å². The average molecular weight is 338 g/mol. The van der Waals surface area contributed by atoms with Crippen LogP contribution >= 0.6 is 0 Å². The van der Waals surface area contributed by atoms with E-state index in [4.69, 9.17) is 0 Å². The minimum absolute atomic E-state index is 0.121. The van der Waals surface area contributed by atoms with Crippen molar-refractivity contribution in [1.29, 1.82) is 0 Å². The lowest BCUT2D eigenvalue weighted by Crippen LogP contribution is -2.52. The maximum Gasteiger partial charge on any atom is 0.247 e. The van der Waals surface area contributed by atoms with E-state index in [1.54, 1.807) is 17.0 Å². The molecule has 0 radical (unpaired) electrons. The van der Waals surface area contributed by atoms with Crippen LogP contribution in [0.3, 0.4) is 0 Å². The van der Waals surface area contributed by atoms with Gasteiger partial charge in [0.15, 0.2) is 0 Å². The maximum atomic E-state index is 12.8. The van der Waals surface area contributed by atoms with Crippen molar-refractivity contribution in [2.24, 2.45) is 0 Å². The van der Waals surface area contributed by atoms with E-state index in [2.05, 4.69) is 5.32 Å². The Morgan fingerprint density at radius 3 is 2.76 bits per heavy atom. The zero-order chi connectivity index (χ0) is 18.0. The van der Waals surface area contributed by atoms with E-state index in [1.807, 2.05) is 44.2 Å². The number of amides is 2. The van der Waals surface area contributed by atoms with Crippen LogP contribution < -0.4 is 5.32 Å². The van der Waals surface area contributed by atoms with Crippen LogP contribution in [0.2, 0.25) is 0 Å². The summed E-state index contributed by atoms with van der Waals surface area (Å²) in [5.74, 6) is -0.0986. The van der Waals surface area contributed by atoms with Crippen LogP contribution in [0.25, 0.3) is 0 Å². The molecule has 2 aromatic rings. The summed E-state index contributed by atoms with van der Waals surface area (Å²) in [7, 11) is 0. The predicted molar refractivity (Wildman–Crippen MR) is 95.2 cm³/mol. The number of hydrogen-bond donors (Lipinski definition) is 2. The molecule has 5 nitrogen and oxygen atoms in total. The third-order valence-electron chi connectivity index (χ3n) is 4.52. The van der Waals surface area contributed by atoms with Crippen LogP contribution in [-0.4, -0.2) is 34.9 Å². The van der Waals surface area contributed by atoms with Gasteiger partial charge in [0, 0.05) is 13.1 Å². The highest BCUT2D eigenvalue weighted by molar-refractivity contribution is 5.90. The molecule has 2 aromatic carbocycles. The van der Waals surface area contributed by atoms with Gasteiger partial charge < -0.3 is 15.3 Å². The van der Waals surface area contributed by atoms with Gasteiger partial charge in [-0.15, -0.1) is 0 Å². The molecule has 3 rings (SSSR count). The second kappa shape index (κ2) is 6.97. The smallest absolute Gasteiger partial charge is 0.247 e. The third kappa shape index (κ3) is 3.65. The molecule has 0 saturated carbocycles. The lowest BCUT2D eigenvalue weighted by molar-refractivity contribution is -0.143. The van der Waals surface area contributed by atoms with Gasteiger partial charge in [-0.1, -0.05) is 42.0 Å². The van der Waals surface area contributed by atoms with Crippen LogP contribution in [0.5, 0.6) is 5.75 Å². The number of phenols is 1. The summed E-state index contributed by atoms with van der Waals surface area (Å²) in [6.07, 6.45) is 0.156. The molecule has 1 heterocycles. The largest absolute Gasteiger partial charge is 0.508 e. The number of benzene rings is 2. The summed E-state index contributed by atoms with van der Waals surface area (Å²) in [5.41, 5.74) is 3.37. The standard InChI is InChI=1S/C20H22N2O3/c1-13-4-3-5-16(10-13)19-20(25)21-8-9-22(19)18(24)12-15-7-6-14(2)17(23)11-15/h3-7,10-11,19,23H,8-9,12H2,1-2H3,(H,21,25). The highest BCUT2D eigenvalue weighted by atomic mass is 16.3. The molecular formula is C20H22N2O3. The molecule has 2 N–H and O–H groups in total. The summed E-state index contributed by atoms with van der Waals surface area (Å²) in [4.78, 5) is 26.9. The van der Waals surface area contributed by atoms with Gasteiger partial charge in [0.2, 0.25) is 11.8 Å². The Morgan fingerprint density at radius 1 is 1.24 bits per heavy atom. The molecule has 0 aliphatic carbocycles. The second-order valence-corrected chi connectivity index (χ2v) is 6.49. The van der Waals surface area contributed by atoms with E-state index in [9.17, 15) is 14.7 Å². The number of piperazine rings is 1. The first-order chi connectivity index (χ1) is 12.0. The number of nitrogens with zero attached hydrogens (tertiary/aromatic N) is 1. The maximum absolute atomic E-state index is 12.8. The molecule has 0 spiro atoms. The molecule has 5 heteroatoms. The number of carbonyl (C=O) groups is 2. The monoisotopic (exact) mass is 338 g/mol. The van der Waals surface area contributed by atoms with E-state index >= 15 is 0 Å². The molecule has 1 fully saturated rings. The summed E-state index contributed by atoms with van der Waals surface area (Å²) in [5, 5.41) is 12.7. The van der Waals surface area contributed by atoms with Crippen LogP contribution in [0, 0.1) is 13.8 Å². The van der Waals surface area contributed by atoms with Crippen molar-refractivity contribution < 1.29 is 14.7 Å².